The summed E-state index contributed by atoms with van der Waals surface area (Å²) in [7, 11) is 3.07. The van der Waals surface area contributed by atoms with Gasteiger partial charge in [0.2, 0.25) is 5.91 Å². The standard InChI is InChI=1S/C23H23N5O4S/c1-13-6-5-7-18(14(13)2)28-21-16(11-24-28)22(30)27-23(26-21)33-12-20(29)25-17-9-8-15(31-3)10-19(17)32-4/h5-11H,12H2,1-4H3,(H,25,29)(H,26,27,30). The molecule has 0 unspecified atom stereocenters. The summed E-state index contributed by atoms with van der Waals surface area (Å²) in [5, 5.41) is 7.89. The number of aromatic amines is 1. The Balaban J connectivity index is 1.55. The number of fused-ring (bicyclic) bond motifs is 1. The molecule has 0 aliphatic heterocycles. The predicted molar refractivity (Wildman–Crippen MR) is 128 cm³/mol. The molecule has 10 heteroatoms. The van der Waals surface area contributed by atoms with Gasteiger partial charge < -0.3 is 19.8 Å². The van der Waals surface area contributed by atoms with Crippen LogP contribution in [0.25, 0.3) is 16.7 Å². The number of carbonyl (C=O) groups is 1. The number of nitrogens with zero attached hydrogens (tertiary/aromatic N) is 3. The number of methoxy groups -OCH3 is 2. The van der Waals surface area contributed by atoms with E-state index in [2.05, 4.69) is 20.4 Å². The van der Waals surface area contributed by atoms with Gasteiger partial charge in [0.05, 0.1) is 37.5 Å². The summed E-state index contributed by atoms with van der Waals surface area (Å²) in [6.45, 7) is 4.02. The van der Waals surface area contributed by atoms with Gasteiger partial charge in [0.1, 0.15) is 16.9 Å². The fourth-order valence-electron chi connectivity index (χ4n) is 3.33. The average Bonchev–Trinajstić information content (AvgIpc) is 3.24. The van der Waals surface area contributed by atoms with E-state index in [1.807, 2.05) is 32.0 Å². The first-order chi connectivity index (χ1) is 15.9. The summed E-state index contributed by atoms with van der Waals surface area (Å²) < 4.78 is 12.1. The van der Waals surface area contributed by atoms with Crippen molar-refractivity contribution in [3.8, 4) is 17.2 Å². The Hall–Kier alpha value is -3.79. The number of rotatable bonds is 7. The molecule has 0 spiro atoms. The zero-order valence-electron chi connectivity index (χ0n) is 18.6. The molecule has 33 heavy (non-hydrogen) atoms. The molecular formula is C23H23N5O4S. The van der Waals surface area contributed by atoms with E-state index < -0.39 is 0 Å². The van der Waals surface area contributed by atoms with Gasteiger partial charge in [-0.15, -0.1) is 0 Å². The number of aryl methyl sites for hydroxylation is 1. The zero-order chi connectivity index (χ0) is 23.5. The van der Waals surface area contributed by atoms with Crippen LogP contribution in [-0.4, -0.2) is 45.6 Å². The molecule has 2 aromatic heterocycles. The lowest BCUT2D eigenvalue weighted by molar-refractivity contribution is -0.113. The van der Waals surface area contributed by atoms with Crippen molar-refractivity contribution < 1.29 is 14.3 Å². The Bertz CT molecular complexity index is 1400. The maximum Gasteiger partial charge on any atom is 0.262 e. The molecule has 4 aromatic rings. The number of carbonyl (C=O) groups excluding carboxylic acids is 1. The highest BCUT2D eigenvalue weighted by atomic mass is 32.2. The second-order valence-corrected chi connectivity index (χ2v) is 8.25. The van der Waals surface area contributed by atoms with Crippen LogP contribution in [0.2, 0.25) is 0 Å². The number of thioether (sulfide) groups is 1. The van der Waals surface area contributed by atoms with Crippen LogP contribution < -0.4 is 20.3 Å². The molecule has 0 saturated heterocycles. The molecule has 9 nitrogen and oxygen atoms in total. The smallest absolute Gasteiger partial charge is 0.262 e. The van der Waals surface area contributed by atoms with Crippen molar-refractivity contribution in [2.75, 3.05) is 25.3 Å². The predicted octanol–water partition coefficient (Wildman–Crippen LogP) is 3.47. The first-order valence-electron chi connectivity index (χ1n) is 10.1. The van der Waals surface area contributed by atoms with Crippen molar-refractivity contribution in [2.24, 2.45) is 0 Å². The zero-order valence-corrected chi connectivity index (χ0v) is 19.4. The van der Waals surface area contributed by atoms with Gasteiger partial charge in [0, 0.05) is 6.07 Å². The lowest BCUT2D eigenvalue weighted by atomic mass is 10.1. The summed E-state index contributed by atoms with van der Waals surface area (Å²) >= 11 is 1.13. The van der Waals surface area contributed by atoms with Gasteiger partial charge in [-0.25, -0.2) is 9.67 Å². The fourth-order valence-corrected chi connectivity index (χ4v) is 3.99. The Morgan fingerprint density at radius 1 is 1.18 bits per heavy atom. The minimum absolute atomic E-state index is 0.0429. The van der Waals surface area contributed by atoms with Gasteiger partial charge in [-0.1, -0.05) is 23.9 Å². The maximum atomic E-state index is 12.6. The quantitative estimate of drug-likeness (QED) is 0.318. The van der Waals surface area contributed by atoms with Crippen LogP contribution >= 0.6 is 11.8 Å². The van der Waals surface area contributed by atoms with Gasteiger partial charge in [0.15, 0.2) is 10.8 Å². The molecule has 0 aliphatic rings. The Labute approximate surface area is 194 Å². The van der Waals surface area contributed by atoms with E-state index in [4.69, 9.17) is 9.47 Å². The number of hydrogen-bond donors (Lipinski definition) is 2. The Morgan fingerprint density at radius 2 is 2.00 bits per heavy atom. The van der Waals surface area contributed by atoms with Crippen LogP contribution in [0, 0.1) is 13.8 Å². The van der Waals surface area contributed by atoms with Crippen LogP contribution in [0.1, 0.15) is 11.1 Å². The summed E-state index contributed by atoms with van der Waals surface area (Å²) in [5.41, 5.74) is 3.66. The summed E-state index contributed by atoms with van der Waals surface area (Å²) in [4.78, 5) is 32.4. The lowest BCUT2D eigenvalue weighted by Gasteiger charge is -2.11. The molecule has 2 N–H and O–H groups in total. The normalized spacial score (nSPS) is 10.9. The van der Waals surface area contributed by atoms with Crippen LogP contribution in [0.4, 0.5) is 5.69 Å². The topological polar surface area (TPSA) is 111 Å². The highest BCUT2D eigenvalue weighted by molar-refractivity contribution is 7.99. The molecule has 170 valence electrons. The number of benzene rings is 2. The van der Waals surface area contributed by atoms with Gasteiger partial charge in [-0.05, 0) is 43.2 Å². The molecule has 0 fully saturated rings. The van der Waals surface area contributed by atoms with E-state index in [9.17, 15) is 9.59 Å². The van der Waals surface area contributed by atoms with E-state index in [-0.39, 0.29) is 17.2 Å². The van der Waals surface area contributed by atoms with Gasteiger partial charge in [-0.3, -0.25) is 9.59 Å². The molecule has 0 saturated carbocycles. The number of hydrogen-bond acceptors (Lipinski definition) is 7. The van der Waals surface area contributed by atoms with E-state index in [1.54, 1.807) is 30.0 Å². The molecule has 0 radical (unpaired) electrons. The van der Waals surface area contributed by atoms with Crippen LogP contribution in [-0.2, 0) is 4.79 Å². The van der Waals surface area contributed by atoms with Crippen molar-refractivity contribution >= 4 is 34.4 Å². The monoisotopic (exact) mass is 465 g/mol. The van der Waals surface area contributed by atoms with Crippen molar-refractivity contribution in [1.29, 1.82) is 0 Å². The van der Waals surface area contributed by atoms with Crippen LogP contribution in [0.15, 0.2) is 52.5 Å². The number of anilines is 1. The maximum absolute atomic E-state index is 12.6. The van der Waals surface area contributed by atoms with Crippen molar-refractivity contribution in [3.05, 3.63) is 64.1 Å². The van der Waals surface area contributed by atoms with E-state index in [0.29, 0.717) is 33.4 Å². The number of aromatic nitrogens is 4. The van der Waals surface area contributed by atoms with Crippen LogP contribution in [0.3, 0.4) is 0 Å². The summed E-state index contributed by atoms with van der Waals surface area (Å²) in [5.74, 6) is 0.878. The minimum Gasteiger partial charge on any atom is -0.497 e. The minimum atomic E-state index is -0.309. The van der Waals surface area contributed by atoms with Gasteiger partial charge >= 0.3 is 0 Å². The molecule has 4 rings (SSSR count). The molecule has 2 aromatic carbocycles. The number of amides is 1. The summed E-state index contributed by atoms with van der Waals surface area (Å²) in [6.07, 6.45) is 1.50. The first kappa shape index (κ1) is 22.4. The Morgan fingerprint density at radius 3 is 2.76 bits per heavy atom. The number of H-pyrrole nitrogens is 1. The average molecular weight is 466 g/mol. The van der Waals surface area contributed by atoms with Gasteiger partial charge in [0.25, 0.3) is 5.56 Å². The van der Waals surface area contributed by atoms with E-state index in [0.717, 1.165) is 28.6 Å². The number of ether oxygens (including phenoxy) is 2. The largest absolute Gasteiger partial charge is 0.497 e. The first-order valence-corrected chi connectivity index (χ1v) is 11.1. The third-order valence-corrected chi connectivity index (χ3v) is 6.12. The van der Waals surface area contributed by atoms with Crippen molar-refractivity contribution in [2.45, 2.75) is 19.0 Å². The van der Waals surface area contributed by atoms with Crippen molar-refractivity contribution in [3.63, 3.8) is 0 Å². The van der Waals surface area contributed by atoms with E-state index in [1.165, 1.54) is 13.3 Å². The summed E-state index contributed by atoms with van der Waals surface area (Å²) in [6, 6.07) is 11.0. The Kier molecular flexibility index (Phi) is 6.36. The SMILES string of the molecule is COc1ccc(NC(=O)CSc2nc3c(cnn3-c3cccc(C)c3C)c(=O)[nH]2)c(OC)c1. The second-order valence-electron chi connectivity index (χ2n) is 7.29. The fraction of sp³-hybridized carbons (Fsp3) is 0.217. The third-order valence-electron chi connectivity index (χ3n) is 5.24. The molecule has 2 heterocycles. The second kappa shape index (κ2) is 9.37. The molecule has 1 amide bonds. The molecule has 0 atom stereocenters. The van der Waals surface area contributed by atoms with E-state index >= 15 is 0 Å². The molecule has 0 bridgehead atoms. The van der Waals surface area contributed by atoms with Gasteiger partial charge in [-0.2, -0.15) is 5.10 Å². The highest BCUT2D eigenvalue weighted by Crippen LogP contribution is 2.29. The lowest BCUT2D eigenvalue weighted by Crippen LogP contribution is -2.16. The van der Waals surface area contributed by atoms with Crippen molar-refractivity contribution in [1.82, 2.24) is 19.7 Å². The molecular weight excluding hydrogens is 442 g/mol. The highest BCUT2D eigenvalue weighted by Gasteiger charge is 2.15. The number of nitrogens with one attached hydrogen (secondary N) is 2. The third kappa shape index (κ3) is 4.56. The molecule has 0 aliphatic carbocycles. The van der Waals surface area contributed by atoms with Crippen LogP contribution in [0.5, 0.6) is 11.5 Å².